The number of nitrogens with two attached hydrogens (primary N) is 1. The molecule has 6 N–H and O–H groups in total. The van der Waals surface area contributed by atoms with Crippen molar-refractivity contribution in [1.82, 2.24) is 15.6 Å². The molecule has 2 amide bonds. The van der Waals surface area contributed by atoms with Gasteiger partial charge in [0.1, 0.15) is 11.7 Å². The van der Waals surface area contributed by atoms with E-state index in [9.17, 15) is 27.6 Å². The number of carboxylic acids is 2. The Kier molecular flexibility index (Phi) is 7.92. The third kappa shape index (κ3) is 7.09. The van der Waals surface area contributed by atoms with Gasteiger partial charge in [0.05, 0.1) is 6.04 Å². The van der Waals surface area contributed by atoms with Crippen LogP contribution in [0.5, 0.6) is 0 Å². The Balaban J connectivity index is 0.000000592. The molecule has 2 atom stereocenters. The number of carbonyl (C=O) groups excluding carboxylic acids is 2. The number of aromatic nitrogens is 1. The zero-order chi connectivity index (χ0) is 24.1. The molecule has 0 saturated carbocycles. The van der Waals surface area contributed by atoms with E-state index in [-0.39, 0.29) is 28.5 Å². The van der Waals surface area contributed by atoms with Crippen LogP contribution in [0, 0.1) is 0 Å². The number of thiazole rings is 1. The van der Waals surface area contributed by atoms with Crippen molar-refractivity contribution in [3.8, 4) is 0 Å². The first-order valence-corrected chi connectivity index (χ1v) is 9.06. The molecule has 0 aliphatic carbocycles. The fraction of sp³-hybridized carbons (Fsp3) is 0.467. The number of nitrogens with zero attached hydrogens (tertiary/aromatic N) is 2. The summed E-state index contributed by atoms with van der Waals surface area (Å²) in [6, 6.07) is -0.925. The van der Waals surface area contributed by atoms with Crippen molar-refractivity contribution < 1.29 is 47.4 Å². The van der Waals surface area contributed by atoms with Crippen molar-refractivity contribution in [2.45, 2.75) is 44.6 Å². The summed E-state index contributed by atoms with van der Waals surface area (Å²) >= 11 is 1.08. The molecule has 2 rings (SSSR count). The van der Waals surface area contributed by atoms with E-state index in [1.807, 2.05) is 0 Å². The summed E-state index contributed by atoms with van der Waals surface area (Å²) in [5, 5.41) is 26.6. The predicted octanol–water partition coefficient (Wildman–Crippen LogP) is -0.0544. The van der Waals surface area contributed by atoms with Gasteiger partial charge in [0.2, 0.25) is 11.5 Å². The van der Waals surface area contributed by atoms with Gasteiger partial charge in [-0.05, 0) is 20.8 Å². The van der Waals surface area contributed by atoms with Gasteiger partial charge in [-0.3, -0.25) is 9.59 Å². The highest BCUT2D eigenvalue weighted by Gasteiger charge is 2.39. The van der Waals surface area contributed by atoms with Gasteiger partial charge >= 0.3 is 18.1 Å². The number of anilines is 1. The van der Waals surface area contributed by atoms with Crippen LogP contribution in [-0.2, 0) is 24.0 Å². The van der Waals surface area contributed by atoms with Crippen LogP contribution in [0.4, 0.5) is 18.3 Å². The third-order valence-corrected chi connectivity index (χ3v) is 4.22. The molecule has 1 aliphatic rings. The van der Waals surface area contributed by atoms with Crippen molar-refractivity contribution >= 4 is 45.9 Å². The molecule has 2 heterocycles. The average molecular weight is 469 g/mol. The van der Waals surface area contributed by atoms with E-state index in [2.05, 4.69) is 20.8 Å². The minimum Gasteiger partial charge on any atom is -0.478 e. The monoisotopic (exact) mass is 469 g/mol. The molecule has 1 aromatic heterocycles. The highest BCUT2D eigenvalue weighted by Crippen LogP contribution is 2.16. The molecule has 0 aromatic carbocycles. The second-order valence-corrected chi connectivity index (χ2v) is 7.36. The van der Waals surface area contributed by atoms with Crippen LogP contribution in [0.2, 0.25) is 0 Å². The summed E-state index contributed by atoms with van der Waals surface area (Å²) in [6.45, 7) is 4.30. The zero-order valence-corrected chi connectivity index (χ0v) is 17.0. The van der Waals surface area contributed by atoms with Crippen LogP contribution in [0.25, 0.3) is 0 Å². The summed E-state index contributed by atoms with van der Waals surface area (Å²) in [7, 11) is 0. The summed E-state index contributed by atoms with van der Waals surface area (Å²) in [6.07, 6.45) is -5.08. The summed E-state index contributed by atoms with van der Waals surface area (Å²) < 4.78 is 31.7. The number of amides is 2. The molecule has 172 valence electrons. The lowest BCUT2D eigenvalue weighted by Gasteiger charge is -2.34. The molecular weight excluding hydrogens is 451 g/mol. The molecule has 1 aromatic rings. The van der Waals surface area contributed by atoms with Crippen LogP contribution in [0.1, 0.15) is 26.5 Å². The Morgan fingerprint density at radius 1 is 1.29 bits per heavy atom. The van der Waals surface area contributed by atoms with Gasteiger partial charge in [0, 0.05) is 5.38 Å². The number of nitrogens with one attached hydrogen (secondary N) is 2. The van der Waals surface area contributed by atoms with E-state index in [0.717, 1.165) is 11.3 Å². The Morgan fingerprint density at radius 3 is 2.19 bits per heavy atom. The molecular formula is C15H18F3N5O7S. The van der Waals surface area contributed by atoms with Crippen molar-refractivity contribution in [2.75, 3.05) is 5.73 Å². The number of alkyl halides is 3. The highest BCUT2D eigenvalue weighted by molar-refractivity contribution is 7.13. The fourth-order valence-electron chi connectivity index (χ4n) is 1.73. The van der Waals surface area contributed by atoms with Crippen molar-refractivity contribution in [2.24, 2.45) is 5.16 Å². The van der Waals surface area contributed by atoms with Crippen LogP contribution in [0.15, 0.2) is 10.5 Å². The summed E-state index contributed by atoms with van der Waals surface area (Å²) in [4.78, 5) is 52.7. The molecule has 1 aliphatic heterocycles. The van der Waals surface area contributed by atoms with E-state index in [4.69, 9.17) is 25.6 Å². The first-order valence-electron chi connectivity index (χ1n) is 8.18. The Bertz CT molecular complexity index is 900. The van der Waals surface area contributed by atoms with Crippen LogP contribution < -0.4 is 16.4 Å². The van der Waals surface area contributed by atoms with Crippen molar-refractivity contribution in [1.29, 1.82) is 0 Å². The highest BCUT2D eigenvalue weighted by atomic mass is 32.1. The van der Waals surface area contributed by atoms with Gasteiger partial charge in [-0.25, -0.2) is 14.6 Å². The fourth-order valence-corrected chi connectivity index (χ4v) is 2.28. The first kappa shape index (κ1) is 25.6. The van der Waals surface area contributed by atoms with Crippen LogP contribution in [0.3, 0.4) is 0 Å². The number of hydrogen-bond donors (Lipinski definition) is 5. The molecule has 16 heteroatoms. The number of oxime groups is 1. The lowest BCUT2D eigenvalue weighted by molar-refractivity contribution is -0.192. The van der Waals surface area contributed by atoms with E-state index in [0.29, 0.717) is 0 Å². The average Bonchev–Trinajstić information content (AvgIpc) is 3.05. The number of carbonyl (C=O) groups is 4. The number of aliphatic carboxylic acids is 2. The normalized spacial score (nSPS) is 18.6. The number of halogens is 3. The smallest absolute Gasteiger partial charge is 0.478 e. The summed E-state index contributed by atoms with van der Waals surface area (Å²) in [5.74, 6) is -5.05. The SMILES string of the molecule is C[C@@H]1NC(=O)[C@H]1NC(=O)/C(=N/OC(C)(C)C(=O)O)c1csc(N)n1.O=C(O)C(F)(F)F. The Labute approximate surface area is 176 Å². The number of β-lactam (4-membered cyclic amide) rings is 1. The molecule has 31 heavy (non-hydrogen) atoms. The van der Waals surface area contributed by atoms with Crippen LogP contribution in [-0.4, -0.2) is 68.5 Å². The molecule has 12 nitrogen and oxygen atoms in total. The van der Waals surface area contributed by atoms with Crippen molar-refractivity contribution in [3.63, 3.8) is 0 Å². The molecule has 0 radical (unpaired) electrons. The maximum Gasteiger partial charge on any atom is 0.490 e. The predicted molar refractivity (Wildman–Crippen MR) is 99.1 cm³/mol. The third-order valence-electron chi connectivity index (χ3n) is 3.54. The zero-order valence-electron chi connectivity index (χ0n) is 16.2. The first-order chi connectivity index (χ1) is 14.1. The summed E-state index contributed by atoms with van der Waals surface area (Å²) in [5.41, 5.74) is 3.77. The van der Waals surface area contributed by atoms with Gasteiger partial charge in [-0.1, -0.05) is 5.16 Å². The number of nitrogen functional groups attached to an aromatic ring is 1. The van der Waals surface area contributed by atoms with Crippen LogP contribution >= 0.6 is 11.3 Å². The Morgan fingerprint density at radius 2 is 1.84 bits per heavy atom. The molecule has 1 fully saturated rings. The number of hydrogen-bond acceptors (Lipinski definition) is 9. The largest absolute Gasteiger partial charge is 0.490 e. The number of rotatable bonds is 6. The van der Waals surface area contributed by atoms with E-state index in [1.165, 1.54) is 19.2 Å². The van der Waals surface area contributed by atoms with E-state index < -0.39 is 35.7 Å². The maximum atomic E-state index is 12.4. The second-order valence-electron chi connectivity index (χ2n) is 6.47. The van der Waals surface area contributed by atoms with Gasteiger partial charge < -0.3 is 31.4 Å². The van der Waals surface area contributed by atoms with Gasteiger partial charge in [0.25, 0.3) is 5.91 Å². The number of carboxylic acid groups (broad SMARTS) is 2. The van der Waals surface area contributed by atoms with E-state index >= 15 is 0 Å². The van der Waals surface area contributed by atoms with Gasteiger partial charge in [-0.2, -0.15) is 13.2 Å². The molecule has 0 spiro atoms. The molecule has 0 bridgehead atoms. The maximum absolute atomic E-state index is 12.4. The topological polar surface area (TPSA) is 193 Å². The molecule has 0 unspecified atom stereocenters. The van der Waals surface area contributed by atoms with Crippen molar-refractivity contribution in [3.05, 3.63) is 11.1 Å². The minimum atomic E-state index is -5.08. The Hall–Kier alpha value is -3.43. The quantitative estimate of drug-likeness (QED) is 0.216. The second kappa shape index (κ2) is 9.59. The standard InChI is InChI=1S/C13H17N5O5S.C2HF3O2/c1-5-7(9(19)15-5)17-10(20)8(6-4-24-12(14)16-6)18-23-13(2,3)11(21)22;3-2(4,5)1(6)7/h4-5,7H,1-3H3,(H2,14,16)(H,15,19)(H,17,20)(H,21,22);(H,6,7)/b18-8+;/t5-,7-;/m0./s1. The lowest BCUT2D eigenvalue weighted by Crippen LogP contribution is -2.68. The molecule has 1 saturated heterocycles. The minimum absolute atomic E-state index is 0.128. The lowest BCUT2D eigenvalue weighted by atomic mass is 10.0. The van der Waals surface area contributed by atoms with E-state index in [1.54, 1.807) is 6.92 Å². The van der Waals surface area contributed by atoms with Gasteiger partial charge in [-0.15, -0.1) is 11.3 Å². The van der Waals surface area contributed by atoms with Gasteiger partial charge in [0.15, 0.2) is 10.8 Å².